The molecule has 5 nitrogen and oxygen atoms in total. The predicted octanol–water partition coefficient (Wildman–Crippen LogP) is 2.14. The minimum Gasteiger partial charge on any atom is -0.326 e. The van der Waals surface area contributed by atoms with Gasteiger partial charge in [-0.3, -0.25) is 14.9 Å². The number of hydrogen-bond acceptors (Lipinski definition) is 3. The fourth-order valence-corrected chi connectivity index (χ4v) is 1.91. The van der Waals surface area contributed by atoms with Gasteiger partial charge in [0.2, 0.25) is 5.91 Å². The lowest BCUT2D eigenvalue weighted by atomic mass is 10.2. The fraction of sp³-hybridized carbons (Fsp3) is 0.0714. The minimum atomic E-state index is -0.0509. The van der Waals surface area contributed by atoms with E-state index >= 15 is 0 Å². The second kappa shape index (κ2) is 4.89. The van der Waals surface area contributed by atoms with Crippen LogP contribution in [0.4, 0.5) is 5.69 Å². The summed E-state index contributed by atoms with van der Waals surface area (Å²) in [5, 5.41) is 10.7. The molecule has 0 saturated heterocycles. The zero-order valence-electron chi connectivity index (χ0n) is 10.1. The smallest absolute Gasteiger partial charge is 0.228 e. The van der Waals surface area contributed by atoms with E-state index in [0.29, 0.717) is 6.42 Å². The summed E-state index contributed by atoms with van der Waals surface area (Å²) in [6.07, 6.45) is 5.44. The van der Waals surface area contributed by atoms with Crippen LogP contribution >= 0.6 is 0 Å². The number of fused-ring (bicyclic) bond motifs is 1. The third kappa shape index (κ3) is 2.60. The molecule has 0 bridgehead atoms. The number of benzene rings is 1. The number of H-pyrrole nitrogens is 1. The quantitative estimate of drug-likeness (QED) is 0.750. The lowest BCUT2D eigenvalue weighted by Crippen LogP contribution is -2.14. The van der Waals surface area contributed by atoms with E-state index < -0.39 is 0 Å². The zero-order valence-corrected chi connectivity index (χ0v) is 10.1. The molecule has 0 aliphatic carbocycles. The first kappa shape index (κ1) is 11.4. The van der Waals surface area contributed by atoms with Gasteiger partial charge < -0.3 is 5.32 Å². The number of pyridine rings is 1. The van der Waals surface area contributed by atoms with Crippen LogP contribution in [0.25, 0.3) is 10.9 Å². The van der Waals surface area contributed by atoms with Gasteiger partial charge in [0.1, 0.15) is 0 Å². The molecule has 3 aromatic rings. The lowest BCUT2D eigenvalue weighted by Gasteiger charge is -2.05. The molecule has 0 spiro atoms. The Labute approximate surface area is 109 Å². The highest BCUT2D eigenvalue weighted by atomic mass is 16.1. The summed E-state index contributed by atoms with van der Waals surface area (Å²) >= 11 is 0. The van der Waals surface area contributed by atoms with Crippen molar-refractivity contribution in [1.29, 1.82) is 0 Å². The maximum absolute atomic E-state index is 11.9. The van der Waals surface area contributed by atoms with E-state index in [1.165, 1.54) is 0 Å². The third-order valence-electron chi connectivity index (χ3n) is 2.84. The van der Waals surface area contributed by atoms with Gasteiger partial charge in [0.05, 0.1) is 18.1 Å². The Hall–Kier alpha value is -2.69. The van der Waals surface area contributed by atoms with Crippen molar-refractivity contribution in [2.45, 2.75) is 6.42 Å². The average molecular weight is 252 g/mol. The van der Waals surface area contributed by atoms with Gasteiger partial charge in [-0.15, -0.1) is 0 Å². The Balaban J connectivity index is 1.72. The number of anilines is 1. The largest absolute Gasteiger partial charge is 0.326 e. The van der Waals surface area contributed by atoms with Crippen LogP contribution in [-0.2, 0) is 11.2 Å². The van der Waals surface area contributed by atoms with Crippen LogP contribution in [0.2, 0.25) is 0 Å². The van der Waals surface area contributed by atoms with E-state index in [0.717, 1.165) is 22.2 Å². The minimum absolute atomic E-state index is 0.0509. The molecule has 0 atom stereocenters. The summed E-state index contributed by atoms with van der Waals surface area (Å²) in [5.74, 6) is -0.0509. The Morgan fingerprint density at radius 1 is 1.21 bits per heavy atom. The van der Waals surface area contributed by atoms with Gasteiger partial charge in [0, 0.05) is 23.5 Å². The molecular formula is C14H12N4O. The van der Waals surface area contributed by atoms with Crippen LogP contribution in [0.1, 0.15) is 5.56 Å². The van der Waals surface area contributed by atoms with Crippen molar-refractivity contribution >= 4 is 22.5 Å². The van der Waals surface area contributed by atoms with Crippen molar-refractivity contribution in [3.8, 4) is 0 Å². The molecule has 19 heavy (non-hydrogen) atoms. The van der Waals surface area contributed by atoms with E-state index in [-0.39, 0.29) is 5.91 Å². The summed E-state index contributed by atoms with van der Waals surface area (Å²) in [6.45, 7) is 0. The molecule has 3 rings (SSSR count). The molecule has 94 valence electrons. The van der Waals surface area contributed by atoms with Crippen LogP contribution in [0.5, 0.6) is 0 Å². The van der Waals surface area contributed by atoms with Gasteiger partial charge >= 0.3 is 0 Å². The number of rotatable bonds is 3. The number of nitrogens with zero attached hydrogens (tertiary/aromatic N) is 2. The molecule has 0 radical (unpaired) electrons. The Morgan fingerprint density at radius 3 is 2.89 bits per heavy atom. The first-order valence-corrected chi connectivity index (χ1v) is 5.93. The lowest BCUT2D eigenvalue weighted by molar-refractivity contribution is -0.115. The van der Waals surface area contributed by atoms with Crippen molar-refractivity contribution in [3.63, 3.8) is 0 Å². The van der Waals surface area contributed by atoms with E-state index in [9.17, 15) is 4.79 Å². The van der Waals surface area contributed by atoms with Crippen LogP contribution < -0.4 is 5.32 Å². The van der Waals surface area contributed by atoms with E-state index in [2.05, 4.69) is 20.5 Å². The number of amides is 1. The predicted molar refractivity (Wildman–Crippen MR) is 72.7 cm³/mol. The third-order valence-corrected chi connectivity index (χ3v) is 2.84. The normalized spacial score (nSPS) is 10.5. The van der Waals surface area contributed by atoms with Crippen molar-refractivity contribution in [3.05, 3.63) is 54.5 Å². The SMILES string of the molecule is O=C(Cc1ccncc1)Nc1ccc2cn[nH]c2c1. The molecule has 0 saturated carbocycles. The second-order valence-electron chi connectivity index (χ2n) is 4.25. The highest BCUT2D eigenvalue weighted by Gasteiger charge is 2.05. The summed E-state index contributed by atoms with van der Waals surface area (Å²) in [5.41, 5.74) is 2.60. The molecule has 0 aliphatic heterocycles. The van der Waals surface area contributed by atoms with Crippen LogP contribution in [-0.4, -0.2) is 21.1 Å². The number of hydrogen-bond donors (Lipinski definition) is 2. The van der Waals surface area contributed by atoms with Gasteiger partial charge in [0.25, 0.3) is 0 Å². The van der Waals surface area contributed by atoms with Gasteiger partial charge in [-0.1, -0.05) is 0 Å². The molecule has 1 amide bonds. The highest BCUT2D eigenvalue weighted by molar-refractivity contribution is 5.94. The maximum Gasteiger partial charge on any atom is 0.228 e. The van der Waals surface area contributed by atoms with Crippen LogP contribution in [0.15, 0.2) is 48.9 Å². The molecule has 0 fully saturated rings. The number of carbonyl (C=O) groups excluding carboxylic acids is 1. The summed E-state index contributed by atoms with van der Waals surface area (Å²) in [7, 11) is 0. The van der Waals surface area contributed by atoms with E-state index in [1.54, 1.807) is 18.6 Å². The summed E-state index contributed by atoms with van der Waals surface area (Å²) in [4.78, 5) is 15.8. The van der Waals surface area contributed by atoms with Crippen molar-refractivity contribution < 1.29 is 4.79 Å². The monoisotopic (exact) mass is 252 g/mol. The number of aromatic nitrogens is 3. The molecule has 1 aromatic carbocycles. The van der Waals surface area contributed by atoms with Crippen LogP contribution in [0, 0.1) is 0 Å². The molecule has 0 unspecified atom stereocenters. The molecule has 5 heteroatoms. The zero-order chi connectivity index (χ0) is 13.1. The standard InChI is InChI=1S/C14H12N4O/c19-14(7-10-3-5-15-6-4-10)17-12-2-1-11-9-16-18-13(11)8-12/h1-6,8-9H,7H2,(H,16,18)(H,17,19). The average Bonchev–Trinajstić information content (AvgIpc) is 2.87. The fourth-order valence-electron chi connectivity index (χ4n) is 1.91. The molecule has 2 N–H and O–H groups in total. The van der Waals surface area contributed by atoms with Crippen molar-refractivity contribution in [2.24, 2.45) is 0 Å². The Bertz CT molecular complexity index is 706. The molecule has 2 aromatic heterocycles. The van der Waals surface area contributed by atoms with E-state index in [1.807, 2.05) is 30.3 Å². The van der Waals surface area contributed by atoms with Crippen molar-refractivity contribution in [1.82, 2.24) is 15.2 Å². The molecule has 0 aliphatic rings. The topological polar surface area (TPSA) is 70.7 Å². The van der Waals surface area contributed by atoms with E-state index in [4.69, 9.17) is 0 Å². The number of aromatic amines is 1. The Morgan fingerprint density at radius 2 is 2.05 bits per heavy atom. The van der Waals surface area contributed by atoms with Gasteiger partial charge in [-0.05, 0) is 35.9 Å². The van der Waals surface area contributed by atoms with Gasteiger partial charge in [-0.2, -0.15) is 5.10 Å². The Kier molecular flexibility index (Phi) is 2.94. The molecular weight excluding hydrogens is 240 g/mol. The second-order valence-corrected chi connectivity index (χ2v) is 4.25. The highest BCUT2D eigenvalue weighted by Crippen LogP contribution is 2.16. The number of carbonyl (C=O) groups is 1. The number of nitrogens with one attached hydrogen (secondary N) is 2. The van der Waals surface area contributed by atoms with Crippen LogP contribution in [0.3, 0.4) is 0 Å². The van der Waals surface area contributed by atoms with Gasteiger partial charge in [0.15, 0.2) is 0 Å². The summed E-state index contributed by atoms with van der Waals surface area (Å²) < 4.78 is 0. The molecule has 2 heterocycles. The van der Waals surface area contributed by atoms with Gasteiger partial charge in [-0.25, -0.2) is 0 Å². The van der Waals surface area contributed by atoms with Crippen molar-refractivity contribution in [2.75, 3.05) is 5.32 Å². The maximum atomic E-state index is 11.9. The summed E-state index contributed by atoms with van der Waals surface area (Å²) in [6, 6.07) is 9.31. The first-order valence-electron chi connectivity index (χ1n) is 5.93. The first-order chi connectivity index (χ1) is 9.31.